The van der Waals surface area contributed by atoms with Crippen molar-refractivity contribution in [3.63, 3.8) is 0 Å². The summed E-state index contributed by atoms with van der Waals surface area (Å²) in [4.78, 5) is 0. The summed E-state index contributed by atoms with van der Waals surface area (Å²) in [5, 5.41) is 12.5. The van der Waals surface area contributed by atoms with E-state index >= 15 is 0 Å². The third-order valence-corrected chi connectivity index (χ3v) is 1.85. The molecule has 0 saturated carbocycles. The zero-order valence-electron chi connectivity index (χ0n) is 5.06. The number of rotatable bonds is 1. The Morgan fingerprint density at radius 3 is 3.00 bits per heavy atom. The maximum atomic E-state index is 4.07. The van der Waals surface area contributed by atoms with E-state index < -0.39 is 0 Å². The fourth-order valence-electron chi connectivity index (χ4n) is 0.712. The lowest BCUT2D eigenvalue weighted by atomic mass is 10.4. The van der Waals surface area contributed by atoms with Gasteiger partial charge in [0.25, 0.3) is 0 Å². The first-order valence-corrected chi connectivity index (χ1v) is 3.69. The highest BCUT2D eigenvalue weighted by atomic mass is 32.1. The zero-order valence-corrected chi connectivity index (χ0v) is 5.88. The van der Waals surface area contributed by atoms with Crippen molar-refractivity contribution in [2.45, 2.75) is 0 Å². The van der Waals surface area contributed by atoms with E-state index in [9.17, 15) is 0 Å². The molecule has 49 valence electrons. The third kappa shape index (κ3) is 0.823. The Kier molecular flexibility index (Phi) is 1.25. The Bertz CT molecular complexity index is 273. The molecule has 1 radical (unpaired) electrons. The first-order valence-electron chi connectivity index (χ1n) is 2.81. The topological polar surface area (TPSA) is 39.9 Å². The maximum Gasteiger partial charge on any atom is 0.166 e. The second-order valence-corrected chi connectivity index (χ2v) is 2.60. The van der Waals surface area contributed by atoms with Crippen LogP contribution in [0.3, 0.4) is 0 Å². The minimum Gasteiger partial charge on any atom is -0.254 e. The molecule has 1 aliphatic heterocycles. The summed E-state index contributed by atoms with van der Waals surface area (Å²) in [6.45, 7) is 0. The molecule has 0 atom stereocenters. The van der Waals surface area contributed by atoms with Gasteiger partial charge in [-0.05, 0) is 12.2 Å². The molecule has 4 heteroatoms. The minimum absolute atomic E-state index is 0.880. The van der Waals surface area contributed by atoms with Gasteiger partial charge in [0.1, 0.15) is 11.2 Å². The van der Waals surface area contributed by atoms with Gasteiger partial charge in [-0.15, -0.1) is 10.2 Å². The van der Waals surface area contributed by atoms with Gasteiger partial charge in [0.05, 0.1) is 0 Å². The lowest BCUT2D eigenvalue weighted by molar-refractivity contribution is 1.05. The second kappa shape index (κ2) is 2.22. The number of hydrogen-bond acceptors (Lipinski definition) is 3. The molecule has 0 aliphatic carbocycles. The molecule has 0 fully saturated rings. The number of hydrogen-bond donors (Lipinski definition) is 0. The molecule has 0 amide bonds. The van der Waals surface area contributed by atoms with Crippen LogP contribution in [0.1, 0.15) is 5.01 Å². The van der Waals surface area contributed by atoms with Gasteiger partial charge in [-0.1, -0.05) is 11.3 Å². The van der Waals surface area contributed by atoms with Crippen LogP contribution in [0.15, 0.2) is 23.9 Å². The van der Waals surface area contributed by atoms with Crippen LogP contribution in [0.2, 0.25) is 0 Å². The summed E-state index contributed by atoms with van der Waals surface area (Å²) in [6.07, 6.45) is 5.55. The van der Waals surface area contributed by atoms with E-state index in [0.717, 1.165) is 10.7 Å². The van der Waals surface area contributed by atoms with Gasteiger partial charge in [-0.2, -0.15) is 0 Å². The molecule has 0 N–H and O–H groups in total. The van der Waals surface area contributed by atoms with Crippen molar-refractivity contribution in [1.29, 1.82) is 0 Å². The smallest absolute Gasteiger partial charge is 0.166 e. The highest BCUT2D eigenvalue weighted by Gasteiger charge is 2.06. The number of aromatic nitrogens is 2. The Balaban J connectivity index is 2.30. The highest BCUT2D eigenvalue weighted by Crippen LogP contribution is 2.16. The fraction of sp³-hybridized carbons (Fsp3) is 0. The van der Waals surface area contributed by atoms with Gasteiger partial charge in [0, 0.05) is 6.20 Å². The Labute approximate surface area is 62.1 Å². The van der Waals surface area contributed by atoms with Gasteiger partial charge < -0.3 is 0 Å². The maximum absolute atomic E-state index is 4.07. The van der Waals surface area contributed by atoms with E-state index in [1.165, 1.54) is 11.3 Å². The van der Waals surface area contributed by atoms with Gasteiger partial charge in [0.15, 0.2) is 5.01 Å². The van der Waals surface area contributed by atoms with Gasteiger partial charge >= 0.3 is 0 Å². The molecule has 0 bridgehead atoms. The van der Waals surface area contributed by atoms with Crippen LogP contribution in [0.25, 0.3) is 5.70 Å². The molecule has 0 aromatic carbocycles. The van der Waals surface area contributed by atoms with Gasteiger partial charge in [-0.25, -0.2) is 0 Å². The van der Waals surface area contributed by atoms with E-state index in [1.807, 2.05) is 12.2 Å². The van der Waals surface area contributed by atoms with Crippen LogP contribution in [0, 0.1) is 0 Å². The molecule has 10 heavy (non-hydrogen) atoms. The standard InChI is InChI=1S/C6H4N3S/c1-2-5(7-3-1)6-9-8-4-10-6/h1-4H. The van der Waals surface area contributed by atoms with E-state index in [0.29, 0.717) is 0 Å². The Morgan fingerprint density at radius 1 is 1.40 bits per heavy atom. The molecular weight excluding hydrogens is 146 g/mol. The molecular formula is C6H4N3S. The third-order valence-electron chi connectivity index (χ3n) is 1.13. The summed E-state index contributed by atoms with van der Waals surface area (Å²) < 4.78 is 0. The summed E-state index contributed by atoms with van der Waals surface area (Å²) in [5.74, 6) is 0. The molecule has 0 spiro atoms. The van der Waals surface area contributed by atoms with E-state index in [2.05, 4.69) is 15.5 Å². The predicted molar refractivity (Wildman–Crippen MR) is 39.2 cm³/mol. The normalized spacial score (nSPS) is 15.0. The summed E-state index contributed by atoms with van der Waals surface area (Å²) >= 11 is 1.50. The summed E-state index contributed by atoms with van der Waals surface area (Å²) in [5.41, 5.74) is 2.60. The molecule has 1 aromatic rings. The lowest BCUT2D eigenvalue weighted by Gasteiger charge is -1.90. The van der Waals surface area contributed by atoms with Crippen LogP contribution in [-0.2, 0) is 0 Å². The van der Waals surface area contributed by atoms with Crippen LogP contribution in [0.4, 0.5) is 0 Å². The lowest BCUT2D eigenvalue weighted by Crippen LogP contribution is -1.90. The number of allylic oxidation sites excluding steroid dienone is 2. The van der Waals surface area contributed by atoms with Crippen molar-refractivity contribution in [3.8, 4) is 0 Å². The van der Waals surface area contributed by atoms with E-state index in [4.69, 9.17) is 0 Å². The number of nitrogens with zero attached hydrogens (tertiary/aromatic N) is 3. The fourth-order valence-corrected chi connectivity index (χ4v) is 1.24. The van der Waals surface area contributed by atoms with Gasteiger partial charge in [-0.3, -0.25) is 5.32 Å². The van der Waals surface area contributed by atoms with E-state index in [1.54, 1.807) is 11.7 Å². The average Bonchev–Trinajstić information content (AvgIpc) is 2.59. The largest absolute Gasteiger partial charge is 0.254 e. The van der Waals surface area contributed by atoms with Gasteiger partial charge in [0.2, 0.25) is 0 Å². The first-order chi connectivity index (χ1) is 4.97. The second-order valence-electron chi connectivity index (χ2n) is 1.77. The van der Waals surface area contributed by atoms with Crippen LogP contribution >= 0.6 is 11.3 Å². The Hall–Kier alpha value is -1.16. The van der Waals surface area contributed by atoms with Crippen molar-refractivity contribution in [1.82, 2.24) is 15.5 Å². The van der Waals surface area contributed by atoms with Crippen molar-refractivity contribution in [2.75, 3.05) is 0 Å². The average molecular weight is 150 g/mol. The highest BCUT2D eigenvalue weighted by molar-refractivity contribution is 7.10. The molecule has 1 aromatic heterocycles. The SMILES string of the molecule is C1=C[N]C(c2nncs2)=C1. The quantitative estimate of drug-likeness (QED) is 0.599. The molecule has 0 unspecified atom stereocenters. The molecule has 1 aliphatic rings. The van der Waals surface area contributed by atoms with Crippen molar-refractivity contribution in [3.05, 3.63) is 28.9 Å². The Morgan fingerprint density at radius 2 is 2.40 bits per heavy atom. The van der Waals surface area contributed by atoms with Crippen LogP contribution in [0.5, 0.6) is 0 Å². The van der Waals surface area contributed by atoms with E-state index in [-0.39, 0.29) is 0 Å². The molecule has 0 saturated heterocycles. The molecule has 3 nitrogen and oxygen atoms in total. The zero-order chi connectivity index (χ0) is 6.81. The van der Waals surface area contributed by atoms with Crippen LogP contribution in [-0.4, -0.2) is 10.2 Å². The van der Waals surface area contributed by atoms with Crippen molar-refractivity contribution >= 4 is 17.0 Å². The van der Waals surface area contributed by atoms with Crippen molar-refractivity contribution < 1.29 is 0 Å². The molecule has 2 rings (SSSR count). The minimum atomic E-state index is 0.880. The van der Waals surface area contributed by atoms with Crippen LogP contribution < -0.4 is 5.32 Å². The monoisotopic (exact) mass is 150 g/mol. The summed E-state index contributed by atoms with van der Waals surface area (Å²) in [7, 11) is 0. The predicted octanol–water partition coefficient (Wildman–Crippen LogP) is 1.01. The summed E-state index contributed by atoms with van der Waals surface area (Å²) in [6, 6.07) is 0. The van der Waals surface area contributed by atoms with Crippen molar-refractivity contribution in [2.24, 2.45) is 0 Å². The first kappa shape index (κ1) is 5.61. The molecule has 2 heterocycles.